The molecule has 0 aliphatic carbocycles. The zero-order valence-corrected chi connectivity index (χ0v) is 13.9. The molecule has 0 radical (unpaired) electrons. The highest BCUT2D eigenvalue weighted by atomic mass is 16.5. The van der Waals surface area contributed by atoms with Gasteiger partial charge in [0.05, 0.1) is 6.61 Å². The maximum absolute atomic E-state index is 5.52. The molecule has 21 heavy (non-hydrogen) atoms. The molecule has 0 bridgehead atoms. The lowest BCUT2D eigenvalue weighted by molar-refractivity contribution is 0.129. The molecule has 1 heterocycles. The number of benzene rings is 1. The maximum Gasteiger partial charge on any atom is 0.119 e. The first-order valence-corrected chi connectivity index (χ1v) is 8.24. The van der Waals surface area contributed by atoms with Crippen LogP contribution in [0.2, 0.25) is 0 Å². The number of ether oxygens (including phenoxy) is 1. The van der Waals surface area contributed by atoms with Gasteiger partial charge >= 0.3 is 0 Å². The van der Waals surface area contributed by atoms with Gasteiger partial charge in [-0.25, -0.2) is 0 Å². The van der Waals surface area contributed by atoms with Crippen LogP contribution >= 0.6 is 0 Å². The average Bonchev–Trinajstić information content (AvgIpc) is 2.45. The maximum atomic E-state index is 5.52. The Kier molecular flexibility index (Phi) is 6.07. The number of likely N-dealkylation sites (tertiary alicyclic amines) is 1. The molecule has 3 heteroatoms. The predicted molar refractivity (Wildman–Crippen MR) is 88.8 cm³/mol. The van der Waals surface area contributed by atoms with Crippen molar-refractivity contribution >= 4 is 0 Å². The van der Waals surface area contributed by atoms with E-state index in [1.165, 1.54) is 25.1 Å². The second-order valence-corrected chi connectivity index (χ2v) is 6.51. The van der Waals surface area contributed by atoms with Gasteiger partial charge in [0, 0.05) is 25.7 Å². The number of likely N-dealkylation sites (N-methyl/N-ethyl adjacent to an activating group) is 1. The van der Waals surface area contributed by atoms with Gasteiger partial charge in [0.15, 0.2) is 0 Å². The monoisotopic (exact) mass is 290 g/mol. The molecule has 1 aliphatic heterocycles. The van der Waals surface area contributed by atoms with Gasteiger partial charge in [-0.15, -0.1) is 0 Å². The molecule has 118 valence electrons. The first-order chi connectivity index (χ1) is 10.1. The zero-order chi connectivity index (χ0) is 15.2. The van der Waals surface area contributed by atoms with Crippen LogP contribution in [0.4, 0.5) is 0 Å². The summed E-state index contributed by atoms with van der Waals surface area (Å²) in [4.78, 5) is 2.61. The molecule has 3 nitrogen and oxygen atoms in total. The third kappa shape index (κ3) is 4.72. The summed E-state index contributed by atoms with van der Waals surface area (Å²) >= 11 is 0. The van der Waals surface area contributed by atoms with Crippen LogP contribution in [0.1, 0.15) is 38.8 Å². The summed E-state index contributed by atoms with van der Waals surface area (Å²) in [5.74, 6) is 2.58. The van der Waals surface area contributed by atoms with Crippen LogP contribution in [0.3, 0.4) is 0 Å². The summed E-state index contributed by atoms with van der Waals surface area (Å²) in [6, 6.07) is 8.90. The molecule has 0 saturated carbocycles. The molecule has 1 N–H and O–H groups in total. The van der Waals surface area contributed by atoms with Gasteiger partial charge in [0.25, 0.3) is 0 Å². The van der Waals surface area contributed by atoms with Crippen molar-refractivity contribution in [2.45, 2.75) is 33.2 Å². The van der Waals surface area contributed by atoms with Crippen molar-refractivity contribution in [3.63, 3.8) is 0 Å². The molecular formula is C18H30N2O. The van der Waals surface area contributed by atoms with Crippen LogP contribution < -0.4 is 10.1 Å². The quantitative estimate of drug-likeness (QED) is 0.870. The van der Waals surface area contributed by atoms with E-state index in [2.05, 4.69) is 55.4 Å². The van der Waals surface area contributed by atoms with Crippen molar-refractivity contribution in [2.24, 2.45) is 11.8 Å². The lowest BCUT2D eigenvalue weighted by atomic mass is 9.91. The Bertz CT molecular complexity index is 408. The summed E-state index contributed by atoms with van der Waals surface area (Å²) < 4.78 is 5.52. The van der Waals surface area contributed by atoms with Crippen LogP contribution in [0, 0.1) is 11.8 Å². The SMILES string of the molecule is CCOc1ccc(C(CN2CC(C)CC(C)C2)NC)cc1. The van der Waals surface area contributed by atoms with E-state index in [9.17, 15) is 0 Å². The molecule has 1 aliphatic rings. The van der Waals surface area contributed by atoms with Crippen molar-refractivity contribution < 1.29 is 4.74 Å². The third-order valence-electron chi connectivity index (χ3n) is 4.33. The Morgan fingerprint density at radius 3 is 2.33 bits per heavy atom. The van der Waals surface area contributed by atoms with Gasteiger partial charge in [0.1, 0.15) is 5.75 Å². The van der Waals surface area contributed by atoms with Crippen molar-refractivity contribution in [1.82, 2.24) is 10.2 Å². The van der Waals surface area contributed by atoms with E-state index in [4.69, 9.17) is 4.74 Å². The van der Waals surface area contributed by atoms with E-state index in [-0.39, 0.29) is 0 Å². The molecule has 0 aromatic heterocycles. The highest BCUT2D eigenvalue weighted by molar-refractivity contribution is 5.29. The van der Waals surface area contributed by atoms with Crippen LogP contribution in [0.5, 0.6) is 5.75 Å². The molecular weight excluding hydrogens is 260 g/mol. The van der Waals surface area contributed by atoms with Gasteiger partial charge in [-0.3, -0.25) is 0 Å². The van der Waals surface area contributed by atoms with Crippen molar-refractivity contribution in [3.8, 4) is 5.75 Å². The Morgan fingerprint density at radius 1 is 1.19 bits per heavy atom. The van der Waals surface area contributed by atoms with E-state index >= 15 is 0 Å². The van der Waals surface area contributed by atoms with Crippen LogP contribution in [0.25, 0.3) is 0 Å². The molecule has 3 unspecified atom stereocenters. The van der Waals surface area contributed by atoms with E-state index in [0.717, 1.165) is 30.7 Å². The average molecular weight is 290 g/mol. The minimum Gasteiger partial charge on any atom is -0.494 e. The fraction of sp³-hybridized carbons (Fsp3) is 0.667. The van der Waals surface area contributed by atoms with E-state index in [1.807, 2.05) is 6.92 Å². The first-order valence-electron chi connectivity index (χ1n) is 8.24. The Balaban J connectivity index is 1.98. The number of nitrogens with one attached hydrogen (secondary N) is 1. The highest BCUT2D eigenvalue weighted by Crippen LogP contribution is 2.24. The second kappa shape index (κ2) is 7.81. The molecule has 1 aromatic carbocycles. The topological polar surface area (TPSA) is 24.5 Å². The molecule has 1 fully saturated rings. The zero-order valence-electron chi connectivity index (χ0n) is 13.9. The number of hydrogen-bond donors (Lipinski definition) is 1. The van der Waals surface area contributed by atoms with Gasteiger partial charge in [-0.1, -0.05) is 26.0 Å². The van der Waals surface area contributed by atoms with E-state index in [1.54, 1.807) is 0 Å². The fourth-order valence-electron chi connectivity index (χ4n) is 3.53. The van der Waals surface area contributed by atoms with Crippen molar-refractivity contribution in [1.29, 1.82) is 0 Å². The second-order valence-electron chi connectivity index (χ2n) is 6.51. The third-order valence-corrected chi connectivity index (χ3v) is 4.33. The van der Waals surface area contributed by atoms with Gasteiger partial charge in [-0.05, 0) is 49.9 Å². The minimum absolute atomic E-state index is 0.387. The molecule has 1 aromatic rings. The molecule has 1 saturated heterocycles. The minimum atomic E-state index is 0.387. The van der Waals surface area contributed by atoms with Crippen LogP contribution in [-0.4, -0.2) is 38.2 Å². The highest BCUT2D eigenvalue weighted by Gasteiger charge is 2.24. The van der Waals surface area contributed by atoms with E-state index < -0.39 is 0 Å². The molecule has 0 spiro atoms. The lowest BCUT2D eigenvalue weighted by Crippen LogP contribution is -2.42. The smallest absolute Gasteiger partial charge is 0.119 e. The van der Waals surface area contributed by atoms with Crippen molar-refractivity contribution in [3.05, 3.63) is 29.8 Å². The first kappa shape index (κ1) is 16.3. The Morgan fingerprint density at radius 2 is 1.81 bits per heavy atom. The summed E-state index contributed by atoms with van der Waals surface area (Å²) in [6.45, 7) is 11.0. The molecule has 2 rings (SSSR count). The number of rotatable bonds is 6. The van der Waals surface area contributed by atoms with Crippen molar-refractivity contribution in [2.75, 3.05) is 33.3 Å². The number of hydrogen-bond acceptors (Lipinski definition) is 3. The van der Waals surface area contributed by atoms with Gasteiger partial charge < -0.3 is 15.0 Å². The summed E-state index contributed by atoms with van der Waals surface area (Å²) in [7, 11) is 2.05. The van der Waals surface area contributed by atoms with Gasteiger partial charge in [-0.2, -0.15) is 0 Å². The molecule has 0 amide bonds. The molecule has 3 atom stereocenters. The number of nitrogens with zero attached hydrogens (tertiary/aromatic N) is 1. The normalized spacial score (nSPS) is 24.8. The fourth-order valence-corrected chi connectivity index (χ4v) is 3.53. The van der Waals surface area contributed by atoms with E-state index in [0.29, 0.717) is 6.04 Å². The Hall–Kier alpha value is -1.06. The Labute approximate surface area is 129 Å². The number of piperidine rings is 1. The standard InChI is InChI=1S/C18H30N2O/c1-5-21-17-8-6-16(7-9-17)18(19-4)13-20-11-14(2)10-15(3)12-20/h6-9,14-15,18-19H,5,10-13H2,1-4H3. The van der Waals surface area contributed by atoms with Crippen LogP contribution in [0.15, 0.2) is 24.3 Å². The predicted octanol–water partition coefficient (Wildman–Crippen LogP) is 3.32. The lowest BCUT2D eigenvalue weighted by Gasteiger charge is -2.37. The largest absolute Gasteiger partial charge is 0.494 e. The van der Waals surface area contributed by atoms with Gasteiger partial charge in [0.2, 0.25) is 0 Å². The summed E-state index contributed by atoms with van der Waals surface area (Å²) in [5.41, 5.74) is 1.34. The summed E-state index contributed by atoms with van der Waals surface area (Å²) in [6.07, 6.45) is 1.36. The summed E-state index contributed by atoms with van der Waals surface area (Å²) in [5, 5.41) is 3.46. The van der Waals surface area contributed by atoms with Crippen LogP contribution in [-0.2, 0) is 0 Å².